The van der Waals surface area contributed by atoms with E-state index < -0.39 is 0 Å². The first-order valence-corrected chi connectivity index (χ1v) is 3.08. The molecule has 1 saturated heterocycles. The van der Waals surface area contributed by atoms with Gasteiger partial charge in [-0.2, -0.15) is 0 Å². The van der Waals surface area contributed by atoms with Crippen LogP contribution >= 0.6 is 0 Å². The van der Waals surface area contributed by atoms with Crippen LogP contribution in [0.3, 0.4) is 0 Å². The Morgan fingerprint density at radius 1 is 1.56 bits per heavy atom. The van der Waals surface area contributed by atoms with Gasteiger partial charge in [-0.15, -0.1) is 0 Å². The summed E-state index contributed by atoms with van der Waals surface area (Å²) in [6.07, 6.45) is 2.31. The fourth-order valence-electron chi connectivity index (χ4n) is 0.772. The van der Waals surface area contributed by atoms with Gasteiger partial charge < -0.3 is 14.3 Å². The molecule has 1 rings (SSSR count). The van der Waals surface area contributed by atoms with Crippen LogP contribution in [0.4, 0.5) is 0 Å². The molecule has 9 heavy (non-hydrogen) atoms. The van der Waals surface area contributed by atoms with Gasteiger partial charge in [0, 0.05) is 6.61 Å². The Bertz CT molecular complexity index is 84.3. The third-order valence-electron chi connectivity index (χ3n) is 1.29. The van der Waals surface area contributed by atoms with Crippen molar-refractivity contribution in [3.63, 3.8) is 0 Å². The predicted molar refractivity (Wildman–Crippen MR) is 31.0 cm³/mol. The van der Waals surface area contributed by atoms with Crippen molar-refractivity contribution in [2.24, 2.45) is 0 Å². The summed E-state index contributed by atoms with van der Waals surface area (Å²) in [5.41, 5.74) is 0. The number of aldehydes is 1. The summed E-state index contributed by atoms with van der Waals surface area (Å²) in [7, 11) is 0. The SMILES string of the molecule is O=C[C@H]1CCCOCO1. The summed E-state index contributed by atoms with van der Waals surface area (Å²) in [5, 5.41) is 0. The Kier molecular flexibility index (Phi) is 2.67. The normalized spacial score (nSPS) is 29.1. The van der Waals surface area contributed by atoms with E-state index in [0.717, 1.165) is 19.1 Å². The lowest BCUT2D eigenvalue weighted by Crippen LogP contribution is -2.12. The maximum atomic E-state index is 10.1. The monoisotopic (exact) mass is 130 g/mol. The van der Waals surface area contributed by atoms with Crippen molar-refractivity contribution in [2.45, 2.75) is 18.9 Å². The Hall–Kier alpha value is -0.410. The molecule has 0 bridgehead atoms. The minimum Gasteiger partial charge on any atom is -0.355 e. The second-order valence-electron chi connectivity index (χ2n) is 2.01. The molecule has 0 radical (unpaired) electrons. The van der Waals surface area contributed by atoms with E-state index in [1.54, 1.807) is 0 Å². The molecule has 0 unspecified atom stereocenters. The largest absolute Gasteiger partial charge is 0.355 e. The Morgan fingerprint density at radius 3 is 3.22 bits per heavy atom. The highest BCUT2D eigenvalue weighted by Crippen LogP contribution is 2.04. The first-order chi connectivity index (χ1) is 4.43. The number of hydrogen-bond acceptors (Lipinski definition) is 3. The van der Waals surface area contributed by atoms with Gasteiger partial charge in [0.05, 0.1) is 0 Å². The fourth-order valence-corrected chi connectivity index (χ4v) is 0.772. The summed E-state index contributed by atoms with van der Waals surface area (Å²) in [4.78, 5) is 10.1. The molecule has 0 spiro atoms. The van der Waals surface area contributed by atoms with Crippen molar-refractivity contribution in [1.82, 2.24) is 0 Å². The zero-order chi connectivity index (χ0) is 6.53. The lowest BCUT2D eigenvalue weighted by Gasteiger charge is -2.03. The third-order valence-corrected chi connectivity index (χ3v) is 1.29. The molecular weight excluding hydrogens is 120 g/mol. The molecule has 1 aliphatic rings. The average molecular weight is 130 g/mol. The smallest absolute Gasteiger partial charge is 0.148 e. The molecule has 1 fully saturated rings. The molecule has 1 heterocycles. The summed E-state index contributed by atoms with van der Waals surface area (Å²) in [6.45, 7) is 0.980. The zero-order valence-corrected chi connectivity index (χ0v) is 5.21. The molecule has 0 amide bonds. The summed E-state index contributed by atoms with van der Waals surface area (Å²) < 4.78 is 9.91. The molecule has 3 nitrogen and oxygen atoms in total. The van der Waals surface area contributed by atoms with Crippen LogP contribution in [0.5, 0.6) is 0 Å². The zero-order valence-electron chi connectivity index (χ0n) is 5.21. The van der Waals surface area contributed by atoms with Crippen LogP contribution in [0, 0.1) is 0 Å². The van der Waals surface area contributed by atoms with E-state index in [4.69, 9.17) is 9.47 Å². The lowest BCUT2D eigenvalue weighted by molar-refractivity contribution is -0.125. The minimum atomic E-state index is -0.229. The summed E-state index contributed by atoms with van der Waals surface area (Å²) >= 11 is 0. The van der Waals surface area contributed by atoms with Crippen molar-refractivity contribution in [2.75, 3.05) is 13.4 Å². The van der Waals surface area contributed by atoms with Crippen LogP contribution < -0.4 is 0 Å². The quantitative estimate of drug-likeness (QED) is 0.480. The fraction of sp³-hybridized carbons (Fsp3) is 0.833. The number of hydrogen-bond donors (Lipinski definition) is 0. The van der Waals surface area contributed by atoms with Crippen molar-refractivity contribution in [3.05, 3.63) is 0 Å². The lowest BCUT2D eigenvalue weighted by atomic mass is 10.2. The first-order valence-electron chi connectivity index (χ1n) is 3.08. The molecule has 52 valence electrons. The second-order valence-corrected chi connectivity index (χ2v) is 2.01. The van der Waals surface area contributed by atoms with Gasteiger partial charge in [0.15, 0.2) is 0 Å². The Labute approximate surface area is 53.9 Å². The number of ether oxygens (including phenoxy) is 2. The standard InChI is InChI=1S/C6H10O3/c7-4-6-2-1-3-8-5-9-6/h4,6H,1-3,5H2/t6-/m1/s1. The highest BCUT2D eigenvalue weighted by atomic mass is 16.7. The van der Waals surface area contributed by atoms with E-state index in [9.17, 15) is 4.79 Å². The maximum absolute atomic E-state index is 10.1. The first kappa shape index (κ1) is 6.71. The summed E-state index contributed by atoms with van der Waals surface area (Å²) in [5.74, 6) is 0. The Balaban J connectivity index is 2.26. The number of carbonyl (C=O) groups is 1. The van der Waals surface area contributed by atoms with E-state index in [0.29, 0.717) is 6.61 Å². The molecule has 0 aromatic heterocycles. The maximum Gasteiger partial charge on any atom is 0.148 e. The Morgan fingerprint density at radius 2 is 2.44 bits per heavy atom. The summed E-state index contributed by atoms with van der Waals surface area (Å²) in [6, 6.07) is 0. The second kappa shape index (κ2) is 3.58. The topological polar surface area (TPSA) is 35.5 Å². The van der Waals surface area contributed by atoms with Crippen molar-refractivity contribution in [1.29, 1.82) is 0 Å². The van der Waals surface area contributed by atoms with E-state index in [1.165, 1.54) is 0 Å². The molecule has 0 N–H and O–H groups in total. The van der Waals surface area contributed by atoms with E-state index >= 15 is 0 Å². The molecule has 3 heteroatoms. The van der Waals surface area contributed by atoms with Gasteiger partial charge in [-0.3, -0.25) is 0 Å². The molecule has 0 aromatic carbocycles. The van der Waals surface area contributed by atoms with E-state index in [1.807, 2.05) is 0 Å². The van der Waals surface area contributed by atoms with Gasteiger partial charge in [0.1, 0.15) is 19.2 Å². The van der Waals surface area contributed by atoms with Crippen molar-refractivity contribution in [3.8, 4) is 0 Å². The van der Waals surface area contributed by atoms with E-state index in [-0.39, 0.29) is 12.9 Å². The van der Waals surface area contributed by atoms with Crippen LogP contribution in [0.2, 0.25) is 0 Å². The highest BCUT2D eigenvalue weighted by molar-refractivity contribution is 5.55. The van der Waals surface area contributed by atoms with Crippen molar-refractivity contribution >= 4 is 6.29 Å². The minimum absolute atomic E-state index is 0.229. The molecular formula is C6H10O3. The molecule has 0 aromatic rings. The molecule has 0 aliphatic carbocycles. The number of rotatable bonds is 1. The van der Waals surface area contributed by atoms with Gasteiger partial charge in [-0.1, -0.05) is 0 Å². The van der Waals surface area contributed by atoms with Gasteiger partial charge in [0.25, 0.3) is 0 Å². The predicted octanol–water partition coefficient (Wildman–Crippen LogP) is 0.338. The van der Waals surface area contributed by atoms with Crippen LogP contribution in [0.25, 0.3) is 0 Å². The molecule has 0 saturated carbocycles. The highest BCUT2D eigenvalue weighted by Gasteiger charge is 2.09. The van der Waals surface area contributed by atoms with Crippen LogP contribution in [0.1, 0.15) is 12.8 Å². The van der Waals surface area contributed by atoms with Gasteiger partial charge in [0.2, 0.25) is 0 Å². The molecule has 1 aliphatic heterocycles. The van der Waals surface area contributed by atoms with Gasteiger partial charge >= 0.3 is 0 Å². The van der Waals surface area contributed by atoms with Crippen molar-refractivity contribution < 1.29 is 14.3 Å². The van der Waals surface area contributed by atoms with Crippen LogP contribution in [0.15, 0.2) is 0 Å². The third kappa shape index (κ3) is 2.11. The number of carbonyl (C=O) groups excluding carboxylic acids is 1. The average Bonchev–Trinajstić information content (AvgIpc) is 2.13. The van der Waals surface area contributed by atoms with Crippen LogP contribution in [-0.2, 0) is 14.3 Å². The van der Waals surface area contributed by atoms with E-state index in [2.05, 4.69) is 0 Å². The molecule has 1 atom stereocenters. The van der Waals surface area contributed by atoms with Crippen LogP contribution in [-0.4, -0.2) is 25.8 Å². The van der Waals surface area contributed by atoms with Gasteiger partial charge in [-0.25, -0.2) is 0 Å². The van der Waals surface area contributed by atoms with Gasteiger partial charge in [-0.05, 0) is 12.8 Å².